The summed E-state index contributed by atoms with van der Waals surface area (Å²) in [5.41, 5.74) is 18.5. The van der Waals surface area contributed by atoms with Crippen molar-refractivity contribution in [3.05, 3.63) is 229 Å². The molecule has 1 N–H and O–H groups in total. The molecule has 0 bridgehead atoms. The molecular weight excluding hydrogens is 1020 g/mol. The van der Waals surface area contributed by atoms with Gasteiger partial charge in [0.15, 0.2) is 0 Å². The lowest BCUT2D eigenvalue weighted by Gasteiger charge is -2.31. The second-order valence-corrected chi connectivity index (χ2v) is 25.0. The van der Waals surface area contributed by atoms with Gasteiger partial charge in [-0.2, -0.15) is 0 Å². The lowest BCUT2D eigenvalue weighted by molar-refractivity contribution is 0.590. The smallest absolute Gasteiger partial charge is 0.0540 e. The first-order valence-corrected chi connectivity index (χ1v) is 26.6. The van der Waals surface area contributed by atoms with Gasteiger partial charge < -0.3 is 10.2 Å². The van der Waals surface area contributed by atoms with Crippen LogP contribution in [0.5, 0.6) is 0 Å². The van der Waals surface area contributed by atoms with E-state index in [1.807, 2.05) is 12.1 Å². The van der Waals surface area contributed by atoms with Crippen molar-refractivity contribution in [3.63, 3.8) is 0 Å². The molecule has 368 valence electrons. The molecule has 71 heavy (non-hydrogen) atoms. The predicted octanol–water partition coefficient (Wildman–Crippen LogP) is 21.6. The van der Waals surface area contributed by atoms with Crippen LogP contribution in [-0.2, 0) is 21.7 Å². The maximum Gasteiger partial charge on any atom is 0.0540 e. The first kappa shape index (κ1) is 54.9. The SMILES string of the molecule is CC(C)(C)c1cccc(Nc2ccc(C(C)(C)C)cc2-c2ccccc2)c1.Cc1cc(Br)cc(Br)c1.Cc1cc(Cl)cc(N(c2cccc(C(C)(C)C)c2)c2ccc(C(C)(C)C)cc2-c2ccccc2)c1. The third kappa shape index (κ3) is 15.3. The predicted molar refractivity (Wildman–Crippen MR) is 319 cm³/mol. The highest BCUT2D eigenvalue weighted by molar-refractivity contribution is 9.11. The van der Waals surface area contributed by atoms with Crippen LogP contribution in [0.2, 0.25) is 5.02 Å². The quantitative estimate of drug-likeness (QED) is 0.171. The molecule has 8 rings (SSSR count). The fraction of sp³-hybridized carbons (Fsp3) is 0.273. The van der Waals surface area contributed by atoms with E-state index in [0.717, 1.165) is 48.0 Å². The highest BCUT2D eigenvalue weighted by Gasteiger charge is 2.24. The van der Waals surface area contributed by atoms with Crippen LogP contribution in [0, 0.1) is 13.8 Å². The molecule has 0 saturated heterocycles. The van der Waals surface area contributed by atoms with Gasteiger partial charge in [-0.05, 0) is 165 Å². The molecule has 5 heteroatoms. The average Bonchev–Trinajstić information content (AvgIpc) is 3.28. The summed E-state index contributed by atoms with van der Waals surface area (Å²) in [6.45, 7) is 31.3. The Kier molecular flexibility index (Phi) is 17.8. The van der Waals surface area contributed by atoms with Crippen molar-refractivity contribution in [1.29, 1.82) is 0 Å². The normalized spacial score (nSPS) is 11.7. The molecule has 0 unspecified atom stereocenters. The molecule has 0 aliphatic rings. The molecular formula is C66H73Br2ClN2. The standard InChI is InChI=1S/C33H36ClN.C26H31N.C7H6Br2/c1-23-18-27(34)22-29(19-23)35(28-15-11-14-25(20-28)32(2,3)4)31-17-16-26(33(5,6)7)21-30(31)24-12-9-8-10-13-24;1-25(2,3)20-13-10-14-22(17-20)27-24-16-15-21(26(4,5)6)18-23(24)19-11-8-7-9-12-19;1-5-2-6(8)4-7(9)3-5/h8-22H,1-7H3;7-18,27H,1-6H3;2-4H,1H3. The van der Waals surface area contributed by atoms with Crippen LogP contribution in [0.3, 0.4) is 0 Å². The van der Waals surface area contributed by atoms with E-state index in [9.17, 15) is 0 Å². The fourth-order valence-electron chi connectivity index (χ4n) is 8.32. The third-order valence-corrected chi connectivity index (χ3v) is 13.6. The Morgan fingerprint density at radius 3 is 1.38 bits per heavy atom. The highest BCUT2D eigenvalue weighted by atomic mass is 79.9. The van der Waals surface area contributed by atoms with Crippen molar-refractivity contribution in [2.75, 3.05) is 10.2 Å². The lowest BCUT2D eigenvalue weighted by atomic mass is 9.84. The Labute approximate surface area is 449 Å². The summed E-state index contributed by atoms with van der Waals surface area (Å²) in [5.74, 6) is 0. The van der Waals surface area contributed by atoms with Crippen molar-refractivity contribution >= 4 is 71.9 Å². The van der Waals surface area contributed by atoms with Gasteiger partial charge in [-0.3, -0.25) is 0 Å². The zero-order valence-electron chi connectivity index (χ0n) is 44.4. The molecule has 2 nitrogen and oxygen atoms in total. The van der Waals surface area contributed by atoms with Crippen LogP contribution < -0.4 is 10.2 Å². The first-order valence-electron chi connectivity index (χ1n) is 24.6. The summed E-state index contributed by atoms with van der Waals surface area (Å²) in [4.78, 5) is 2.35. The molecule has 0 aliphatic carbocycles. The minimum Gasteiger partial charge on any atom is -0.355 e. The number of rotatable bonds is 7. The van der Waals surface area contributed by atoms with Gasteiger partial charge in [0.2, 0.25) is 0 Å². The summed E-state index contributed by atoms with van der Waals surface area (Å²) < 4.78 is 2.24. The van der Waals surface area contributed by atoms with Crippen molar-refractivity contribution in [3.8, 4) is 22.3 Å². The zero-order valence-corrected chi connectivity index (χ0v) is 48.3. The van der Waals surface area contributed by atoms with Crippen LogP contribution in [-0.4, -0.2) is 0 Å². The second-order valence-electron chi connectivity index (χ2n) is 22.7. The molecule has 0 radical (unpaired) electrons. The fourth-order valence-corrected chi connectivity index (χ4v) is 10.1. The van der Waals surface area contributed by atoms with Crippen LogP contribution in [0.1, 0.15) is 116 Å². The van der Waals surface area contributed by atoms with Crippen LogP contribution in [0.25, 0.3) is 22.3 Å². The van der Waals surface area contributed by atoms with E-state index >= 15 is 0 Å². The number of benzene rings is 8. The summed E-state index contributed by atoms with van der Waals surface area (Å²) >= 11 is 13.4. The third-order valence-electron chi connectivity index (χ3n) is 12.4. The Morgan fingerprint density at radius 2 is 0.859 bits per heavy atom. The Hall–Kier alpha value is -5.39. The van der Waals surface area contributed by atoms with E-state index in [1.54, 1.807) is 0 Å². The highest BCUT2D eigenvalue weighted by Crippen LogP contribution is 2.44. The Bertz CT molecular complexity index is 2970. The largest absolute Gasteiger partial charge is 0.355 e. The van der Waals surface area contributed by atoms with Crippen molar-refractivity contribution < 1.29 is 0 Å². The number of hydrogen-bond acceptors (Lipinski definition) is 2. The van der Waals surface area contributed by atoms with E-state index in [2.05, 4.69) is 309 Å². The number of aryl methyl sites for hydroxylation is 2. The first-order chi connectivity index (χ1) is 33.3. The second kappa shape index (κ2) is 23.0. The average molecular weight is 1090 g/mol. The van der Waals surface area contributed by atoms with Gasteiger partial charge in [-0.1, -0.05) is 224 Å². The molecule has 0 amide bonds. The molecule has 0 spiro atoms. The van der Waals surface area contributed by atoms with E-state index in [1.165, 1.54) is 50.1 Å². The van der Waals surface area contributed by atoms with E-state index < -0.39 is 0 Å². The van der Waals surface area contributed by atoms with E-state index in [-0.39, 0.29) is 21.7 Å². The number of hydrogen-bond donors (Lipinski definition) is 1. The van der Waals surface area contributed by atoms with E-state index in [4.69, 9.17) is 11.6 Å². The van der Waals surface area contributed by atoms with Crippen molar-refractivity contribution in [2.24, 2.45) is 0 Å². The number of nitrogens with one attached hydrogen (secondary N) is 1. The maximum absolute atomic E-state index is 6.59. The van der Waals surface area contributed by atoms with E-state index in [0.29, 0.717) is 0 Å². The topological polar surface area (TPSA) is 15.3 Å². The van der Waals surface area contributed by atoms with Gasteiger partial charge >= 0.3 is 0 Å². The zero-order chi connectivity index (χ0) is 51.9. The molecule has 0 atom stereocenters. The minimum absolute atomic E-state index is 0.0459. The van der Waals surface area contributed by atoms with Crippen LogP contribution in [0.15, 0.2) is 191 Å². The Morgan fingerprint density at radius 1 is 0.394 bits per heavy atom. The summed E-state index contributed by atoms with van der Waals surface area (Å²) in [6.07, 6.45) is 0. The van der Waals surface area contributed by atoms with Crippen molar-refractivity contribution in [2.45, 2.75) is 119 Å². The van der Waals surface area contributed by atoms with Gasteiger partial charge in [0, 0.05) is 47.8 Å². The molecule has 0 aromatic heterocycles. The van der Waals surface area contributed by atoms with Gasteiger partial charge in [0.05, 0.1) is 5.69 Å². The maximum atomic E-state index is 6.59. The van der Waals surface area contributed by atoms with Crippen LogP contribution >= 0.6 is 43.5 Å². The summed E-state index contributed by atoms with van der Waals surface area (Å²) in [6, 6.07) is 65.0. The van der Waals surface area contributed by atoms with Gasteiger partial charge in [-0.15, -0.1) is 0 Å². The van der Waals surface area contributed by atoms with Crippen molar-refractivity contribution in [1.82, 2.24) is 0 Å². The molecule has 0 saturated carbocycles. The van der Waals surface area contributed by atoms with Gasteiger partial charge in [0.1, 0.15) is 0 Å². The van der Waals surface area contributed by atoms with Gasteiger partial charge in [-0.25, -0.2) is 0 Å². The minimum atomic E-state index is 0.0459. The molecule has 0 heterocycles. The summed E-state index contributed by atoms with van der Waals surface area (Å²) in [5, 5.41) is 4.40. The monoisotopic (exact) mass is 1090 g/mol. The summed E-state index contributed by atoms with van der Waals surface area (Å²) in [7, 11) is 0. The lowest BCUT2D eigenvalue weighted by Crippen LogP contribution is -2.16. The Balaban J connectivity index is 0.000000202. The molecule has 0 aliphatic heterocycles. The number of nitrogens with zero attached hydrogens (tertiary/aromatic N) is 1. The molecule has 8 aromatic carbocycles. The molecule has 0 fully saturated rings. The van der Waals surface area contributed by atoms with Gasteiger partial charge in [0.25, 0.3) is 0 Å². The number of anilines is 5. The van der Waals surface area contributed by atoms with Crippen LogP contribution in [0.4, 0.5) is 28.4 Å². The molecule has 8 aromatic rings. The number of halogens is 3.